The van der Waals surface area contributed by atoms with Gasteiger partial charge in [0.1, 0.15) is 0 Å². The number of carbonyl (C=O) groups is 1. The summed E-state index contributed by atoms with van der Waals surface area (Å²) in [5, 5.41) is 6.46. The second kappa shape index (κ2) is 6.94. The van der Waals surface area contributed by atoms with Crippen molar-refractivity contribution in [3.05, 3.63) is 0 Å². The minimum atomic E-state index is 0. The molecule has 110 valence electrons. The second-order valence-electron chi connectivity index (χ2n) is 6.55. The van der Waals surface area contributed by atoms with Crippen LogP contribution in [0.2, 0.25) is 0 Å². The number of hydrogen-bond donors (Lipinski definition) is 2. The highest BCUT2D eigenvalue weighted by molar-refractivity contribution is 5.85. The zero-order valence-corrected chi connectivity index (χ0v) is 12.5. The van der Waals surface area contributed by atoms with Gasteiger partial charge in [0.2, 0.25) is 5.91 Å². The van der Waals surface area contributed by atoms with Crippen molar-refractivity contribution in [2.75, 3.05) is 13.1 Å². The molecule has 3 saturated carbocycles. The van der Waals surface area contributed by atoms with E-state index in [2.05, 4.69) is 10.6 Å². The van der Waals surface area contributed by atoms with Crippen LogP contribution in [-0.2, 0) is 4.79 Å². The first-order valence-electron chi connectivity index (χ1n) is 7.83. The van der Waals surface area contributed by atoms with E-state index in [1.54, 1.807) is 0 Å². The number of hydrogen-bond acceptors (Lipinski definition) is 2. The van der Waals surface area contributed by atoms with Gasteiger partial charge in [0.15, 0.2) is 0 Å². The number of halogens is 1. The molecule has 3 aliphatic carbocycles. The third kappa shape index (κ3) is 4.64. The molecule has 2 unspecified atom stereocenters. The Morgan fingerprint density at radius 2 is 1.79 bits per heavy atom. The molecule has 2 atom stereocenters. The largest absolute Gasteiger partial charge is 0.352 e. The van der Waals surface area contributed by atoms with E-state index < -0.39 is 0 Å². The average molecular weight is 287 g/mol. The molecule has 19 heavy (non-hydrogen) atoms. The van der Waals surface area contributed by atoms with Crippen molar-refractivity contribution in [3.63, 3.8) is 0 Å². The molecule has 0 aromatic heterocycles. The summed E-state index contributed by atoms with van der Waals surface area (Å²) in [4.78, 5) is 11.8. The normalized spacial score (nSPS) is 30.5. The van der Waals surface area contributed by atoms with E-state index in [-0.39, 0.29) is 18.3 Å². The highest BCUT2D eigenvalue weighted by Gasteiger charge is 2.43. The topological polar surface area (TPSA) is 41.1 Å². The minimum absolute atomic E-state index is 0. The molecule has 0 heterocycles. The maximum atomic E-state index is 11.8. The van der Waals surface area contributed by atoms with E-state index in [1.165, 1.54) is 51.4 Å². The van der Waals surface area contributed by atoms with Gasteiger partial charge in [-0.1, -0.05) is 32.1 Å². The lowest BCUT2D eigenvalue weighted by Crippen LogP contribution is -2.37. The molecule has 0 aliphatic heterocycles. The van der Waals surface area contributed by atoms with Crippen LogP contribution < -0.4 is 10.6 Å². The summed E-state index contributed by atoms with van der Waals surface area (Å²) in [6.45, 7) is 1.55. The van der Waals surface area contributed by atoms with Crippen molar-refractivity contribution in [1.29, 1.82) is 0 Å². The summed E-state index contributed by atoms with van der Waals surface area (Å²) in [5.74, 6) is 2.77. The van der Waals surface area contributed by atoms with Gasteiger partial charge in [-0.3, -0.25) is 4.79 Å². The SMILES string of the molecule is Cl.O=C(CNCC1CC1)NC1CC1C1CCCCC1. The van der Waals surface area contributed by atoms with Gasteiger partial charge in [-0.15, -0.1) is 12.4 Å². The van der Waals surface area contributed by atoms with E-state index in [9.17, 15) is 4.79 Å². The van der Waals surface area contributed by atoms with Gasteiger partial charge in [0, 0.05) is 6.04 Å². The van der Waals surface area contributed by atoms with Crippen molar-refractivity contribution in [3.8, 4) is 0 Å². The molecule has 0 radical (unpaired) electrons. The van der Waals surface area contributed by atoms with Crippen molar-refractivity contribution in [2.24, 2.45) is 17.8 Å². The summed E-state index contributed by atoms with van der Waals surface area (Å²) in [5.41, 5.74) is 0. The summed E-state index contributed by atoms with van der Waals surface area (Å²) in [6.07, 6.45) is 11.0. The van der Waals surface area contributed by atoms with Crippen LogP contribution in [0.5, 0.6) is 0 Å². The van der Waals surface area contributed by atoms with Gasteiger partial charge < -0.3 is 10.6 Å². The zero-order chi connectivity index (χ0) is 12.4. The van der Waals surface area contributed by atoms with Crippen LogP contribution in [0.3, 0.4) is 0 Å². The number of rotatable bonds is 6. The first kappa shape index (κ1) is 15.1. The second-order valence-corrected chi connectivity index (χ2v) is 6.55. The number of amides is 1. The van der Waals surface area contributed by atoms with E-state index in [0.717, 1.165) is 24.3 Å². The molecular weight excluding hydrogens is 260 g/mol. The average Bonchev–Trinajstić information content (AvgIpc) is 3.26. The smallest absolute Gasteiger partial charge is 0.234 e. The van der Waals surface area contributed by atoms with Crippen LogP contribution in [0, 0.1) is 17.8 Å². The first-order valence-corrected chi connectivity index (χ1v) is 7.83. The molecule has 3 aliphatic rings. The van der Waals surface area contributed by atoms with Gasteiger partial charge in [-0.2, -0.15) is 0 Å². The lowest BCUT2D eigenvalue weighted by Gasteiger charge is -2.21. The van der Waals surface area contributed by atoms with Crippen molar-refractivity contribution in [1.82, 2.24) is 10.6 Å². The third-order valence-corrected chi connectivity index (χ3v) is 4.86. The molecule has 0 aromatic rings. The van der Waals surface area contributed by atoms with Crippen molar-refractivity contribution < 1.29 is 4.79 Å². The fourth-order valence-corrected chi connectivity index (χ4v) is 3.43. The molecule has 2 N–H and O–H groups in total. The molecule has 0 saturated heterocycles. The van der Waals surface area contributed by atoms with E-state index in [1.807, 2.05) is 0 Å². The fourth-order valence-electron chi connectivity index (χ4n) is 3.43. The Morgan fingerprint density at radius 1 is 1.05 bits per heavy atom. The van der Waals surface area contributed by atoms with E-state index in [4.69, 9.17) is 0 Å². The summed E-state index contributed by atoms with van der Waals surface area (Å²) in [6, 6.07) is 0.503. The zero-order valence-electron chi connectivity index (χ0n) is 11.7. The fraction of sp³-hybridized carbons (Fsp3) is 0.933. The molecule has 0 spiro atoms. The Kier molecular flexibility index (Phi) is 5.52. The van der Waals surface area contributed by atoms with Gasteiger partial charge in [0.05, 0.1) is 6.54 Å². The van der Waals surface area contributed by atoms with Crippen molar-refractivity contribution >= 4 is 18.3 Å². The van der Waals surface area contributed by atoms with Crippen LogP contribution in [0.25, 0.3) is 0 Å². The Morgan fingerprint density at radius 3 is 2.47 bits per heavy atom. The Balaban J connectivity index is 0.00000133. The van der Waals surface area contributed by atoms with Gasteiger partial charge >= 0.3 is 0 Å². The Hall–Kier alpha value is -0.280. The van der Waals surface area contributed by atoms with Crippen LogP contribution in [0.15, 0.2) is 0 Å². The van der Waals surface area contributed by atoms with E-state index in [0.29, 0.717) is 12.6 Å². The molecule has 0 bridgehead atoms. The standard InChI is InChI=1S/C15H26N2O.ClH/c18-15(10-16-9-11-6-7-11)17-14-8-13(14)12-4-2-1-3-5-12;/h11-14,16H,1-10H2,(H,17,18);1H. The molecule has 3 fully saturated rings. The quantitative estimate of drug-likeness (QED) is 0.788. The van der Waals surface area contributed by atoms with Crippen LogP contribution in [-0.4, -0.2) is 25.0 Å². The summed E-state index contributed by atoms with van der Waals surface area (Å²) in [7, 11) is 0. The minimum Gasteiger partial charge on any atom is -0.352 e. The lowest BCUT2D eigenvalue weighted by atomic mass is 9.85. The van der Waals surface area contributed by atoms with Gasteiger partial charge in [-0.05, 0) is 43.6 Å². The lowest BCUT2D eigenvalue weighted by molar-refractivity contribution is -0.120. The highest BCUT2D eigenvalue weighted by Crippen LogP contribution is 2.44. The monoisotopic (exact) mass is 286 g/mol. The Bertz CT molecular complexity index is 301. The predicted octanol–water partition coefficient (Wildman–Crippen LogP) is 2.49. The molecule has 1 amide bonds. The third-order valence-electron chi connectivity index (χ3n) is 4.86. The van der Waals surface area contributed by atoms with Crippen LogP contribution >= 0.6 is 12.4 Å². The van der Waals surface area contributed by atoms with Gasteiger partial charge in [0.25, 0.3) is 0 Å². The highest BCUT2D eigenvalue weighted by atomic mass is 35.5. The van der Waals surface area contributed by atoms with Crippen molar-refractivity contribution in [2.45, 2.75) is 57.4 Å². The maximum Gasteiger partial charge on any atom is 0.234 e. The van der Waals surface area contributed by atoms with Crippen LogP contribution in [0.4, 0.5) is 0 Å². The predicted molar refractivity (Wildman–Crippen MR) is 79.5 cm³/mol. The summed E-state index contributed by atoms with van der Waals surface area (Å²) >= 11 is 0. The Labute approximate surface area is 122 Å². The molecule has 3 rings (SSSR count). The first-order chi connectivity index (χ1) is 8.83. The maximum absolute atomic E-state index is 11.8. The molecule has 3 nitrogen and oxygen atoms in total. The van der Waals surface area contributed by atoms with E-state index >= 15 is 0 Å². The number of nitrogens with one attached hydrogen (secondary N) is 2. The molecule has 0 aromatic carbocycles. The van der Waals surface area contributed by atoms with Crippen LogP contribution in [0.1, 0.15) is 51.4 Å². The molecule has 4 heteroatoms. The number of carbonyl (C=O) groups excluding carboxylic acids is 1. The molecular formula is C15H27ClN2O. The van der Waals surface area contributed by atoms with Gasteiger partial charge in [-0.25, -0.2) is 0 Å². The summed E-state index contributed by atoms with van der Waals surface area (Å²) < 4.78 is 0.